The molecule has 1 N–H and O–H groups in total. The van der Waals surface area contributed by atoms with Crippen molar-refractivity contribution in [3.05, 3.63) is 18.5 Å². The third-order valence-corrected chi connectivity index (χ3v) is 6.23. The molecular weight excluding hydrogens is 396 g/mol. The number of ether oxygens (including phenoxy) is 1. The lowest BCUT2D eigenvalue weighted by Crippen LogP contribution is -2.56. The van der Waals surface area contributed by atoms with Gasteiger partial charge in [-0.2, -0.15) is 0 Å². The average Bonchev–Trinajstić information content (AvgIpc) is 3.38. The molecule has 10 nitrogen and oxygen atoms in total. The summed E-state index contributed by atoms with van der Waals surface area (Å²) < 4.78 is 5.55. The van der Waals surface area contributed by atoms with E-state index in [0.717, 1.165) is 90.2 Å². The van der Waals surface area contributed by atoms with E-state index in [9.17, 15) is 4.79 Å². The lowest BCUT2D eigenvalue weighted by molar-refractivity contribution is -0.142. The van der Waals surface area contributed by atoms with Gasteiger partial charge in [-0.15, -0.1) is 0 Å². The van der Waals surface area contributed by atoms with Crippen molar-refractivity contribution in [3.8, 4) is 0 Å². The van der Waals surface area contributed by atoms with E-state index in [-0.39, 0.29) is 12.0 Å². The Bertz CT molecular complexity index is 724. The Hall–Kier alpha value is -2.46. The summed E-state index contributed by atoms with van der Waals surface area (Å²) in [4.78, 5) is 34.5. The number of aromatic nitrogens is 2. The van der Waals surface area contributed by atoms with Crippen molar-refractivity contribution in [2.75, 3.05) is 84.0 Å². The fourth-order valence-electron chi connectivity index (χ4n) is 4.40. The number of carbonyl (C=O) groups excluding carboxylic acids is 1. The number of piperazine rings is 2. The Morgan fingerprint density at radius 1 is 1.10 bits per heavy atom. The zero-order valence-corrected chi connectivity index (χ0v) is 18.4. The van der Waals surface area contributed by atoms with E-state index < -0.39 is 0 Å². The summed E-state index contributed by atoms with van der Waals surface area (Å²) in [5.74, 6) is 1.89. The smallest absolute Gasteiger partial charge is 0.251 e. The highest BCUT2D eigenvalue weighted by atomic mass is 16.5. The van der Waals surface area contributed by atoms with Crippen LogP contribution in [0.1, 0.15) is 12.8 Å². The molecule has 1 aromatic heterocycles. The van der Waals surface area contributed by atoms with Gasteiger partial charge >= 0.3 is 0 Å². The molecule has 4 heterocycles. The van der Waals surface area contributed by atoms with E-state index in [2.05, 4.69) is 35.0 Å². The number of aliphatic imine (C=N–C) groups is 1. The minimum atomic E-state index is -0.224. The molecule has 10 heteroatoms. The highest BCUT2D eigenvalue weighted by Gasteiger charge is 2.31. The number of nitrogens with zero attached hydrogens (tertiary/aromatic N) is 7. The van der Waals surface area contributed by atoms with Gasteiger partial charge in [0.25, 0.3) is 5.91 Å². The SMILES string of the molecule is CN=C(NCCN1CCN(c2ncccn2)CC1)N1CCN(C(=O)C2CCCO2)CC1. The second-order valence-corrected chi connectivity index (χ2v) is 8.17. The van der Waals surface area contributed by atoms with Crippen LogP contribution in [0.2, 0.25) is 0 Å². The van der Waals surface area contributed by atoms with Gasteiger partial charge in [-0.25, -0.2) is 9.97 Å². The summed E-state index contributed by atoms with van der Waals surface area (Å²) in [6.07, 6.45) is 5.21. The molecule has 3 saturated heterocycles. The maximum Gasteiger partial charge on any atom is 0.251 e. The van der Waals surface area contributed by atoms with E-state index in [1.165, 1.54) is 0 Å². The van der Waals surface area contributed by atoms with Crippen LogP contribution in [0.5, 0.6) is 0 Å². The third-order valence-electron chi connectivity index (χ3n) is 6.23. The Morgan fingerprint density at radius 2 is 1.81 bits per heavy atom. The number of nitrogens with one attached hydrogen (secondary N) is 1. The first kappa shape index (κ1) is 21.8. The molecule has 0 aliphatic carbocycles. The van der Waals surface area contributed by atoms with Gasteiger partial charge in [0.2, 0.25) is 5.95 Å². The number of hydrogen-bond acceptors (Lipinski definition) is 7. The topological polar surface area (TPSA) is 89.4 Å². The predicted octanol–water partition coefficient (Wildman–Crippen LogP) is -0.503. The van der Waals surface area contributed by atoms with Gasteiger partial charge in [-0.05, 0) is 18.9 Å². The highest BCUT2D eigenvalue weighted by Crippen LogP contribution is 2.16. The van der Waals surface area contributed by atoms with Crippen molar-refractivity contribution in [1.82, 2.24) is 30.0 Å². The van der Waals surface area contributed by atoms with Gasteiger partial charge in [0.15, 0.2) is 5.96 Å². The predicted molar refractivity (Wildman–Crippen MR) is 119 cm³/mol. The van der Waals surface area contributed by atoms with Gasteiger partial charge in [0.1, 0.15) is 6.10 Å². The molecule has 0 saturated carbocycles. The van der Waals surface area contributed by atoms with E-state index in [1.807, 2.05) is 18.0 Å². The fourth-order valence-corrected chi connectivity index (χ4v) is 4.40. The van der Waals surface area contributed by atoms with Crippen LogP contribution in [-0.2, 0) is 9.53 Å². The van der Waals surface area contributed by atoms with Crippen molar-refractivity contribution in [3.63, 3.8) is 0 Å². The van der Waals surface area contributed by atoms with Crippen LogP contribution in [0.15, 0.2) is 23.5 Å². The molecule has 0 bridgehead atoms. The average molecular weight is 431 g/mol. The first-order chi connectivity index (χ1) is 15.2. The van der Waals surface area contributed by atoms with Crippen LogP contribution in [0.3, 0.4) is 0 Å². The second kappa shape index (κ2) is 10.7. The first-order valence-electron chi connectivity index (χ1n) is 11.3. The molecule has 170 valence electrons. The first-order valence-corrected chi connectivity index (χ1v) is 11.3. The van der Waals surface area contributed by atoms with Crippen molar-refractivity contribution in [2.45, 2.75) is 18.9 Å². The summed E-state index contributed by atoms with van der Waals surface area (Å²) >= 11 is 0. The van der Waals surface area contributed by atoms with Gasteiger partial charge < -0.3 is 24.8 Å². The maximum absolute atomic E-state index is 12.5. The number of amides is 1. The van der Waals surface area contributed by atoms with Gasteiger partial charge in [0.05, 0.1) is 0 Å². The number of guanidine groups is 1. The van der Waals surface area contributed by atoms with E-state index in [0.29, 0.717) is 6.61 Å². The quantitative estimate of drug-likeness (QED) is 0.494. The van der Waals surface area contributed by atoms with Gasteiger partial charge in [0, 0.05) is 91.5 Å². The zero-order chi connectivity index (χ0) is 21.5. The Balaban J connectivity index is 1.15. The van der Waals surface area contributed by atoms with Crippen molar-refractivity contribution in [1.29, 1.82) is 0 Å². The van der Waals surface area contributed by atoms with Crippen molar-refractivity contribution in [2.24, 2.45) is 4.99 Å². The highest BCUT2D eigenvalue weighted by molar-refractivity contribution is 5.82. The summed E-state index contributed by atoms with van der Waals surface area (Å²) in [6.45, 7) is 9.48. The number of hydrogen-bond donors (Lipinski definition) is 1. The van der Waals surface area contributed by atoms with Gasteiger partial charge in [-0.3, -0.25) is 14.7 Å². The van der Waals surface area contributed by atoms with E-state index >= 15 is 0 Å². The molecule has 3 aliphatic heterocycles. The number of rotatable bonds is 5. The summed E-state index contributed by atoms with van der Waals surface area (Å²) in [5, 5.41) is 3.50. The summed E-state index contributed by atoms with van der Waals surface area (Å²) in [5.41, 5.74) is 0. The van der Waals surface area contributed by atoms with E-state index in [1.54, 1.807) is 12.4 Å². The zero-order valence-electron chi connectivity index (χ0n) is 18.4. The van der Waals surface area contributed by atoms with Crippen LogP contribution >= 0.6 is 0 Å². The largest absolute Gasteiger partial charge is 0.368 e. The lowest BCUT2D eigenvalue weighted by Gasteiger charge is -2.38. The lowest BCUT2D eigenvalue weighted by atomic mass is 10.2. The molecule has 0 spiro atoms. The van der Waals surface area contributed by atoms with Crippen LogP contribution in [0.4, 0.5) is 5.95 Å². The number of carbonyl (C=O) groups is 1. The number of anilines is 1. The Labute approximate surface area is 184 Å². The minimum Gasteiger partial charge on any atom is -0.368 e. The Kier molecular flexibility index (Phi) is 7.52. The standard InChI is InChI=1S/C21H34N8O2/c1-22-20(28-15-13-27(14-16-28)19(30)18-4-2-17-31-18)25-7-8-26-9-11-29(12-10-26)21-23-5-3-6-24-21/h3,5-6,18H,2,4,7-17H2,1H3,(H,22,25). The van der Waals surface area contributed by atoms with Crippen LogP contribution in [0.25, 0.3) is 0 Å². The second-order valence-electron chi connectivity index (χ2n) is 8.17. The normalized spacial score (nSPS) is 23.3. The maximum atomic E-state index is 12.5. The van der Waals surface area contributed by atoms with Crippen LogP contribution in [-0.4, -0.2) is 122 Å². The summed E-state index contributed by atoms with van der Waals surface area (Å²) in [6, 6.07) is 1.85. The molecule has 4 rings (SSSR count). The minimum absolute atomic E-state index is 0.153. The van der Waals surface area contributed by atoms with Crippen molar-refractivity contribution >= 4 is 17.8 Å². The molecule has 1 aromatic rings. The monoisotopic (exact) mass is 430 g/mol. The van der Waals surface area contributed by atoms with Crippen molar-refractivity contribution < 1.29 is 9.53 Å². The molecule has 1 amide bonds. The van der Waals surface area contributed by atoms with E-state index in [4.69, 9.17) is 4.74 Å². The molecule has 0 radical (unpaired) electrons. The van der Waals surface area contributed by atoms with Crippen LogP contribution < -0.4 is 10.2 Å². The fraction of sp³-hybridized carbons (Fsp3) is 0.714. The molecular formula is C21H34N8O2. The molecule has 1 unspecified atom stereocenters. The summed E-state index contributed by atoms with van der Waals surface area (Å²) in [7, 11) is 1.82. The Morgan fingerprint density at radius 3 is 2.45 bits per heavy atom. The third kappa shape index (κ3) is 5.62. The van der Waals surface area contributed by atoms with Crippen LogP contribution in [0, 0.1) is 0 Å². The molecule has 31 heavy (non-hydrogen) atoms. The molecule has 0 aromatic carbocycles. The van der Waals surface area contributed by atoms with Gasteiger partial charge in [-0.1, -0.05) is 0 Å². The molecule has 3 aliphatic rings. The molecule has 1 atom stereocenters. The molecule has 3 fully saturated rings.